The molecule has 1 aromatic heterocycles. The second kappa shape index (κ2) is 9.08. The van der Waals surface area contributed by atoms with Gasteiger partial charge < -0.3 is 25.2 Å². The highest BCUT2D eigenvalue weighted by Gasteiger charge is 2.24. The number of nitriles is 1. The Balaban J connectivity index is 1.70. The van der Waals surface area contributed by atoms with Crippen LogP contribution in [0.1, 0.15) is 18.4 Å². The first-order valence-corrected chi connectivity index (χ1v) is 10.1. The standard InChI is InChI=1S/C23H21FN4O4/c1-31-8-9-32-20-11-19-17(10-13(20)12-25)15(6-7-26-19)16-4-5-18(21(24)22(16)29)28-23(30)27-14-2-3-14/h4-7,10-11,14,29H,2-3,8-9H2,1H3,(H2,27,28,30). The maximum atomic E-state index is 14.9. The number of anilines is 1. The number of phenols is 1. The maximum Gasteiger partial charge on any atom is 0.319 e. The van der Waals surface area contributed by atoms with Gasteiger partial charge in [0.1, 0.15) is 18.4 Å². The summed E-state index contributed by atoms with van der Waals surface area (Å²) in [4.78, 5) is 16.2. The Morgan fingerprint density at radius 1 is 1.28 bits per heavy atom. The number of nitrogens with zero attached hydrogens (tertiary/aromatic N) is 2. The van der Waals surface area contributed by atoms with Crippen LogP contribution in [0, 0.1) is 17.1 Å². The van der Waals surface area contributed by atoms with Gasteiger partial charge in [-0.2, -0.15) is 5.26 Å². The number of amides is 2. The van der Waals surface area contributed by atoms with Crippen LogP contribution >= 0.6 is 0 Å². The first-order chi connectivity index (χ1) is 15.5. The number of rotatable bonds is 7. The molecule has 1 aliphatic rings. The largest absolute Gasteiger partial charge is 0.504 e. The molecule has 1 fully saturated rings. The molecule has 164 valence electrons. The molecule has 0 spiro atoms. The van der Waals surface area contributed by atoms with E-state index in [1.54, 1.807) is 25.3 Å². The fraction of sp³-hybridized carbons (Fsp3) is 0.261. The van der Waals surface area contributed by atoms with Gasteiger partial charge in [0, 0.05) is 36.4 Å². The quantitative estimate of drug-likeness (QED) is 0.483. The van der Waals surface area contributed by atoms with Crippen molar-refractivity contribution in [3.05, 3.63) is 47.9 Å². The van der Waals surface area contributed by atoms with Crippen LogP contribution in [0.15, 0.2) is 36.5 Å². The molecule has 4 rings (SSSR count). The molecular weight excluding hydrogens is 415 g/mol. The number of carbonyl (C=O) groups excluding carboxylic acids is 1. The first-order valence-electron chi connectivity index (χ1n) is 10.1. The lowest BCUT2D eigenvalue weighted by atomic mass is 9.98. The molecule has 8 nitrogen and oxygen atoms in total. The number of nitrogens with one attached hydrogen (secondary N) is 2. The molecule has 1 heterocycles. The highest BCUT2D eigenvalue weighted by atomic mass is 19.1. The van der Waals surface area contributed by atoms with E-state index in [2.05, 4.69) is 21.7 Å². The number of aromatic hydroxyl groups is 1. The van der Waals surface area contributed by atoms with Gasteiger partial charge in [0.25, 0.3) is 0 Å². The molecule has 0 bridgehead atoms. The minimum atomic E-state index is -0.946. The van der Waals surface area contributed by atoms with Crippen molar-refractivity contribution in [2.75, 3.05) is 25.6 Å². The Bertz CT molecular complexity index is 1220. The second-order valence-electron chi connectivity index (χ2n) is 7.37. The zero-order valence-corrected chi connectivity index (χ0v) is 17.3. The third-order valence-electron chi connectivity index (χ3n) is 5.08. The van der Waals surface area contributed by atoms with Crippen LogP contribution in [0.25, 0.3) is 22.0 Å². The van der Waals surface area contributed by atoms with E-state index in [9.17, 15) is 19.6 Å². The average molecular weight is 436 g/mol. The number of benzene rings is 2. The number of urea groups is 1. The number of methoxy groups -OCH3 is 1. The molecule has 2 aromatic carbocycles. The monoisotopic (exact) mass is 436 g/mol. The molecule has 0 saturated heterocycles. The summed E-state index contributed by atoms with van der Waals surface area (Å²) in [6.07, 6.45) is 3.33. The van der Waals surface area contributed by atoms with Crippen LogP contribution in [0.5, 0.6) is 11.5 Å². The number of phenolic OH excluding ortho intramolecular Hbond substituents is 1. The summed E-state index contributed by atoms with van der Waals surface area (Å²) in [5.41, 5.74) is 1.35. The van der Waals surface area contributed by atoms with Gasteiger partial charge in [-0.3, -0.25) is 4.98 Å². The number of hydrogen-bond acceptors (Lipinski definition) is 6. The second-order valence-corrected chi connectivity index (χ2v) is 7.37. The van der Waals surface area contributed by atoms with Crippen LogP contribution in [0.4, 0.5) is 14.9 Å². The maximum absolute atomic E-state index is 14.9. The Morgan fingerprint density at radius 2 is 2.09 bits per heavy atom. The minimum absolute atomic E-state index is 0.117. The van der Waals surface area contributed by atoms with Gasteiger partial charge in [-0.05, 0) is 42.7 Å². The van der Waals surface area contributed by atoms with Gasteiger partial charge in [-0.1, -0.05) is 0 Å². The molecule has 0 aliphatic heterocycles. The molecule has 32 heavy (non-hydrogen) atoms. The average Bonchev–Trinajstić information content (AvgIpc) is 3.60. The number of aromatic nitrogens is 1. The van der Waals surface area contributed by atoms with Gasteiger partial charge in [0.2, 0.25) is 0 Å². The summed E-state index contributed by atoms with van der Waals surface area (Å²) in [6, 6.07) is 9.41. The van der Waals surface area contributed by atoms with Crippen molar-refractivity contribution in [1.29, 1.82) is 5.26 Å². The smallest absolute Gasteiger partial charge is 0.319 e. The highest BCUT2D eigenvalue weighted by molar-refractivity contribution is 5.98. The molecule has 0 unspecified atom stereocenters. The summed E-state index contributed by atoms with van der Waals surface area (Å²) in [5, 5.41) is 25.8. The number of hydrogen-bond donors (Lipinski definition) is 3. The molecular formula is C23H21FN4O4. The van der Waals surface area contributed by atoms with Crippen LogP contribution < -0.4 is 15.4 Å². The number of fused-ring (bicyclic) bond motifs is 1. The first kappa shape index (κ1) is 21.3. The van der Waals surface area contributed by atoms with Crippen LogP contribution in [0.2, 0.25) is 0 Å². The Kier molecular flexibility index (Phi) is 6.05. The minimum Gasteiger partial charge on any atom is -0.504 e. The highest BCUT2D eigenvalue weighted by Crippen LogP contribution is 2.39. The van der Waals surface area contributed by atoms with Crippen molar-refractivity contribution in [2.24, 2.45) is 0 Å². The Morgan fingerprint density at radius 3 is 2.81 bits per heavy atom. The number of halogens is 1. The summed E-state index contributed by atoms with van der Waals surface area (Å²) < 4.78 is 25.4. The summed E-state index contributed by atoms with van der Waals surface area (Å²) in [7, 11) is 1.55. The van der Waals surface area contributed by atoms with Crippen molar-refractivity contribution in [1.82, 2.24) is 10.3 Å². The lowest BCUT2D eigenvalue weighted by Gasteiger charge is -2.14. The van der Waals surface area contributed by atoms with Gasteiger partial charge in [0.05, 0.1) is 23.4 Å². The molecule has 0 atom stereocenters. The summed E-state index contributed by atoms with van der Waals surface area (Å²) in [5.74, 6) is -1.20. The molecule has 2 amide bonds. The van der Waals surface area contributed by atoms with Gasteiger partial charge in [-0.15, -0.1) is 0 Å². The summed E-state index contributed by atoms with van der Waals surface area (Å²) >= 11 is 0. The van der Waals surface area contributed by atoms with Gasteiger partial charge >= 0.3 is 6.03 Å². The lowest BCUT2D eigenvalue weighted by molar-refractivity contribution is 0.146. The third kappa shape index (κ3) is 4.40. The zero-order valence-electron chi connectivity index (χ0n) is 17.3. The fourth-order valence-electron chi connectivity index (χ4n) is 3.30. The third-order valence-corrected chi connectivity index (χ3v) is 5.08. The fourth-order valence-corrected chi connectivity index (χ4v) is 3.30. The lowest BCUT2D eigenvalue weighted by Crippen LogP contribution is -2.30. The van der Waals surface area contributed by atoms with Gasteiger partial charge in [0.15, 0.2) is 11.6 Å². The Hall–Kier alpha value is -3.90. The van der Waals surface area contributed by atoms with Crippen molar-refractivity contribution >= 4 is 22.6 Å². The van der Waals surface area contributed by atoms with E-state index in [1.165, 1.54) is 18.3 Å². The number of ether oxygens (including phenoxy) is 2. The molecule has 1 aliphatic carbocycles. The van der Waals surface area contributed by atoms with Gasteiger partial charge in [-0.25, -0.2) is 9.18 Å². The number of pyridine rings is 1. The van der Waals surface area contributed by atoms with E-state index >= 15 is 0 Å². The van der Waals surface area contributed by atoms with E-state index in [1.807, 2.05) is 0 Å². The van der Waals surface area contributed by atoms with E-state index < -0.39 is 17.6 Å². The molecule has 0 radical (unpaired) electrons. The molecule has 3 N–H and O–H groups in total. The van der Waals surface area contributed by atoms with Crippen LogP contribution in [0.3, 0.4) is 0 Å². The van der Waals surface area contributed by atoms with E-state index in [4.69, 9.17) is 9.47 Å². The topological polar surface area (TPSA) is 116 Å². The molecule has 9 heteroatoms. The number of carbonyl (C=O) groups is 1. The van der Waals surface area contributed by atoms with E-state index in [-0.39, 0.29) is 29.5 Å². The SMILES string of the molecule is COCCOc1cc2nccc(-c3ccc(NC(=O)NC4CC4)c(F)c3O)c2cc1C#N. The van der Waals surface area contributed by atoms with Crippen LogP contribution in [-0.2, 0) is 4.74 Å². The Labute approximate surface area is 183 Å². The van der Waals surface area contributed by atoms with Crippen molar-refractivity contribution < 1.29 is 23.8 Å². The molecule has 1 saturated carbocycles. The van der Waals surface area contributed by atoms with E-state index in [0.717, 1.165) is 12.8 Å². The normalized spacial score (nSPS) is 12.9. The van der Waals surface area contributed by atoms with Crippen molar-refractivity contribution in [2.45, 2.75) is 18.9 Å². The van der Waals surface area contributed by atoms with Crippen LogP contribution in [-0.4, -0.2) is 42.5 Å². The predicted octanol–water partition coefficient (Wildman–Crippen LogP) is 3.93. The van der Waals surface area contributed by atoms with E-state index in [0.29, 0.717) is 28.8 Å². The molecule has 3 aromatic rings. The summed E-state index contributed by atoms with van der Waals surface area (Å²) in [6.45, 7) is 0.633. The van der Waals surface area contributed by atoms with Crippen molar-refractivity contribution in [3.63, 3.8) is 0 Å². The van der Waals surface area contributed by atoms with Crippen molar-refractivity contribution in [3.8, 4) is 28.7 Å². The zero-order chi connectivity index (χ0) is 22.7. The predicted molar refractivity (Wildman–Crippen MR) is 116 cm³/mol.